The molecule has 0 amide bonds. The minimum Gasteiger partial charge on any atom is -0.321 e. The molecule has 1 aromatic rings. The van der Waals surface area contributed by atoms with Gasteiger partial charge in [0, 0.05) is 12.7 Å². The summed E-state index contributed by atoms with van der Waals surface area (Å²) in [6.07, 6.45) is 0. The van der Waals surface area contributed by atoms with Crippen molar-refractivity contribution in [2.75, 3.05) is 0 Å². The summed E-state index contributed by atoms with van der Waals surface area (Å²) < 4.78 is 1.84. The normalized spacial score (nSPS) is 12.1. The van der Waals surface area contributed by atoms with E-state index >= 15 is 0 Å². The van der Waals surface area contributed by atoms with Crippen molar-refractivity contribution >= 4 is 0 Å². The maximum atomic E-state index is 5.86. The summed E-state index contributed by atoms with van der Waals surface area (Å²) in [7, 11) is 1.92. The topological polar surface area (TPSA) is 43.8 Å². The minimum atomic E-state index is -0.327. The Bertz CT molecular complexity index is 235. The van der Waals surface area contributed by atoms with E-state index in [-0.39, 0.29) is 5.54 Å². The van der Waals surface area contributed by atoms with Crippen LogP contribution in [0.1, 0.15) is 25.2 Å². The molecule has 11 heavy (non-hydrogen) atoms. The zero-order valence-electron chi connectivity index (χ0n) is 7.55. The molecule has 1 heterocycles. The Balaban J connectivity index is 3.08. The molecule has 0 fully saturated rings. The first-order chi connectivity index (χ1) is 4.91. The fourth-order valence-corrected chi connectivity index (χ4v) is 0.875. The zero-order valence-corrected chi connectivity index (χ0v) is 7.55. The van der Waals surface area contributed by atoms with Crippen molar-refractivity contribution in [3.63, 3.8) is 0 Å². The van der Waals surface area contributed by atoms with Crippen molar-refractivity contribution in [2.45, 2.75) is 26.3 Å². The fraction of sp³-hybridized carbons (Fsp3) is 0.625. The van der Waals surface area contributed by atoms with E-state index in [4.69, 9.17) is 5.73 Å². The molecule has 0 unspecified atom stereocenters. The Labute approximate surface area is 67.2 Å². The van der Waals surface area contributed by atoms with E-state index in [1.54, 1.807) is 0 Å². The molecule has 0 spiro atoms. The van der Waals surface area contributed by atoms with Crippen LogP contribution in [-0.4, -0.2) is 9.78 Å². The van der Waals surface area contributed by atoms with Crippen LogP contribution in [0.5, 0.6) is 0 Å². The van der Waals surface area contributed by atoms with Gasteiger partial charge < -0.3 is 5.73 Å². The van der Waals surface area contributed by atoms with Crippen molar-refractivity contribution in [2.24, 2.45) is 12.8 Å². The third kappa shape index (κ3) is 1.60. The minimum absolute atomic E-state index is 0.327. The van der Waals surface area contributed by atoms with Crippen LogP contribution in [0.15, 0.2) is 6.07 Å². The number of hydrogen-bond donors (Lipinski definition) is 1. The van der Waals surface area contributed by atoms with Crippen molar-refractivity contribution in [1.29, 1.82) is 0 Å². The van der Waals surface area contributed by atoms with Crippen LogP contribution in [0.25, 0.3) is 0 Å². The molecule has 1 aromatic heterocycles. The molecule has 0 radical (unpaired) electrons. The molecule has 1 rings (SSSR count). The molecule has 2 N–H and O–H groups in total. The molecule has 0 atom stereocenters. The summed E-state index contributed by atoms with van der Waals surface area (Å²) in [5, 5.41) is 4.27. The van der Waals surface area contributed by atoms with Crippen LogP contribution in [0.3, 0.4) is 0 Å². The van der Waals surface area contributed by atoms with Crippen molar-refractivity contribution in [1.82, 2.24) is 9.78 Å². The standard InChI is InChI=1S/C8H15N3/c1-6-5-7(8(2,3)9)10-11(6)4/h5H,9H2,1-4H3. The predicted molar refractivity (Wildman–Crippen MR) is 45.2 cm³/mol. The molecule has 3 nitrogen and oxygen atoms in total. The van der Waals surface area contributed by atoms with E-state index in [2.05, 4.69) is 5.10 Å². The highest BCUT2D eigenvalue weighted by molar-refractivity contribution is 5.15. The molecular formula is C8H15N3. The Morgan fingerprint density at radius 1 is 1.55 bits per heavy atom. The van der Waals surface area contributed by atoms with Gasteiger partial charge in [-0.05, 0) is 26.8 Å². The first kappa shape index (κ1) is 8.27. The van der Waals surface area contributed by atoms with E-state index in [1.165, 1.54) is 0 Å². The van der Waals surface area contributed by atoms with Crippen LogP contribution >= 0.6 is 0 Å². The zero-order chi connectivity index (χ0) is 8.65. The molecule has 0 aliphatic heterocycles. The highest BCUT2D eigenvalue weighted by Crippen LogP contribution is 2.15. The Morgan fingerprint density at radius 3 is 2.27 bits per heavy atom. The van der Waals surface area contributed by atoms with Gasteiger partial charge in [-0.15, -0.1) is 0 Å². The summed E-state index contributed by atoms with van der Waals surface area (Å²) >= 11 is 0. The van der Waals surface area contributed by atoms with Crippen LogP contribution in [0, 0.1) is 6.92 Å². The van der Waals surface area contributed by atoms with Crippen LogP contribution in [0.2, 0.25) is 0 Å². The van der Waals surface area contributed by atoms with Crippen molar-refractivity contribution < 1.29 is 0 Å². The lowest BCUT2D eigenvalue weighted by molar-refractivity contribution is 0.522. The maximum Gasteiger partial charge on any atom is 0.0820 e. The fourth-order valence-electron chi connectivity index (χ4n) is 0.875. The second-order valence-electron chi connectivity index (χ2n) is 3.52. The van der Waals surface area contributed by atoms with Gasteiger partial charge in [-0.3, -0.25) is 4.68 Å². The molecule has 62 valence electrons. The van der Waals surface area contributed by atoms with Gasteiger partial charge in [0.15, 0.2) is 0 Å². The third-order valence-electron chi connectivity index (χ3n) is 1.77. The quantitative estimate of drug-likeness (QED) is 0.652. The molecule has 3 heteroatoms. The average Bonchev–Trinajstić information content (AvgIpc) is 2.11. The second-order valence-corrected chi connectivity index (χ2v) is 3.52. The number of aromatic nitrogens is 2. The summed E-state index contributed by atoms with van der Waals surface area (Å²) in [5.74, 6) is 0. The Morgan fingerprint density at radius 2 is 2.09 bits per heavy atom. The molecule has 0 aliphatic rings. The van der Waals surface area contributed by atoms with Crippen LogP contribution in [-0.2, 0) is 12.6 Å². The highest BCUT2D eigenvalue weighted by atomic mass is 15.3. The van der Waals surface area contributed by atoms with Crippen molar-refractivity contribution in [3.05, 3.63) is 17.5 Å². The van der Waals surface area contributed by atoms with Gasteiger partial charge in [0.1, 0.15) is 0 Å². The number of rotatable bonds is 1. The number of nitrogens with zero attached hydrogens (tertiary/aromatic N) is 2. The lowest BCUT2D eigenvalue weighted by Gasteiger charge is -2.14. The van der Waals surface area contributed by atoms with Crippen LogP contribution in [0.4, 0.5) is 0 Å². The van der Waals surface area contributed by atoms with Crippen LogP contribution < -0.4 is 5.73 Å². The lowest BCUT2D eigenvalue weighted by Crippen LogP contribution is -2.29. The summed E-state index contributed by atoms with van der Waals surface area (Å²) in [6.45, 7) is 5.92. The number of hydrogen-bond acceptors (Lipinski definition) is 2. The molecule has 0 saturated carbocycles. The number of aryl methyl sites for hydroxylation is 2. The summed E-state index contributed by atoms with van der Waals surface area (Å²) in [6, 6.07) is 2.01. The average molecular weight is 153 g/mol. The summed E-state index contributed by atoms with van der Waals surface area (Å²) in [5.41, 5.74) is 7.62. The second kappa shape index (κ2) is 2.34. The first-order valence-electron chi connectivity index (χ1n) is 3.71. The Kier molecular flexibility index (Phi) is 1.76. The largest absolute Gasteiger partial charge is 0.321 e. The van der Waals surface area contributed by atoms with Gasteiger partial charge in [0.2, 0.25) is 0 Å². The van der Waals surface area contributed by atoms with Gasteiger partial charge in [-0.1, -0.05) is 0 Å². The van der Waals surface area contributed by atoms with Gasteiger partial charge in [-0.2, -0.15) is 5.10 Å². The molecule has 0 bridgehead atoms. The SMILES string of the molecule is Cc1cc(C(C)(C)N)nn1C. The molecular weight excluding hydrogens is 138 g/mol. The maximum absolute atomic E-state index is 5.86. The van der Waals surface area contributed by atoms with E-state index < -0.39 is 0 Å². The number of nitrogens with two attached hydrogens (primary N) is 1. The van der Waals surface area contributed by atoms with E-state index in [0.717, 1.165) is 11.4 Å². The van der Waals surface area contributed by atoms with Gasteiger partial charge in [-0.25, -0.2) is 0 Å². The van der Waals surface area contributed by atoms with Gasteiger partial charge in [0.05, 0.1) is 11.2 Å². The van der Waals surface area contributed by atoms with Gasteiger partial charge >= 0.3 is 0 Å². The third-order valence-corrected chi connectivity index (χ3v) is 1.77. The molecule has 0 saturated heterocycles. The molecule has 0 aromatic carbocycles. The Hall–Kier alpha value is -0.830. The van der Waals surface area contributed by atoms with E-state index in [1.807, 2.05) is 38.6 Å². The van der Waals surface area contributed by atoms with E-state index in [0.29, 0.717) is 0 Å². The first-order valence-corrected chi connectivity index (χ1v) is 3.71. The van der Waals surface area contributed by atoms with Gasteiger partial charge in [0.25, 0.3) is 0 Å². The lowest BCUT2D eigenvalue weighted by atomic mass is 10.0. The summed E-state index contributed by atoms with van der Waals surface area (Å²) in [4.78, 5) is 0. The molecule has 0 aliphatic carbocycles. The smallest absolute Gasteiger partial charge is 0.0820 e. The van der Waals surface area contributed by atoms with E-state index in [9.17, 15) is 0 Å². The monoisotopic (exact) mass is 153 g/mol. The highest BCUT2D eigenvalue weighted by Gasteiger charge is 2.17. The van der Waals surface area contributed by atoms with Crippen molar-refractivity contribution in [3.8, 4) is 0 Å². The predicted octanol–water partition coefficient (Wildman–Crippen LogP) is 0.922.